The highest BCUT2D eigenvalue weighted by Crippen LogP contribution is 2.23. The number of aromatic nitrogens is 2. The van der Waals surface area contributed by atoms with E-state index in [1.54, 1.807) is 60.3 Å². The van der Waals surface area contributed by atoms with Crippen molar-refractivity contribution in [3.8, 4) is 10.6 Å². The second-order valence-corrected chi connectivity index (χ2v) is 10.4. The first-order valence-electron chi connectivity index (χ1n) is 12.0. The summed E-state index contributed by atoms with van der Waals surface area (Å²) in [6.45, 7) is 0. The SMILES string of the molecule is COC(=O)[C@H](Cc1ccc(-c2nccs2)cc1)NC(=O)C(CSC(=O)c1ccccc1)Cc1cccnc1. The Labute approximate surface area is 229 Å². The van der Waals surface area contributed by atoms with Crippen LogP contribution in [0.1, 0.15) is 21.5 Å². The van der Waals surface area contributed by atoms with Crippen LogP contribution >= 0.6 is 23.1 Å². The standard InChI is InChI=1S/C29H27N3O4S2/c1-36-28(34)25(17-20-9-11-22(12-10-20)27-31-14-15-37-27)32-26(33)24(16-21-6-5-13-30-18-21)19-38-29(35)23-7-3-2-4-8-23/h2-15,18,24-25H,16-17,19H2,1H3,(H,32,33)/t24?,25-/m0/s1. The molecule has 1 amide bonds. The number of rotatable bonds is 11. The molecule has 194 valence electrons. The molecule has 1 N–H and O–H groups in total. The molecule has 0 spiro atoms. The van der Waals surface area contributed by atoms with Gasteiger partial charge in [0.15, 0.2) is 0 Å². The molecule has 0 radical (unpaired) electrons. The summed E-state index contributed by atoms with van der Waals surface area (Å²) < 4.78 is 4.99. The van der Waals surface area contributed by atoms with Crippen LogP contribution in [0, 0.1) is 5.92 Å². The number of nitrogens with one attached hydrogen (secondary N) is 1. The van der Waals surface area contributed by atoms with Crippen molar-refractivity contribution in [2.75, 3.05) is 12.9 Å². The zero-order valence-corrected chi connectivity index (χ0v) is 22.4. The molecule has 2 aromatic carbocycles. The summed E-state index contributed by atoms with van der Waals surface area (Å²) in [6, 6.07) is 19.5. The highest BCUT2D eigenvalue weighted by molar-refractivity contribution is 8.14. The third kappa shape index (κ3) is 7.60. The Morgan fingerprint density at radius 1 is 0.947 bits per heavy atom. The fourth-order valence-electron chi connectivity index (χ4n) is 3.87. The van der Waals surface area contributed by atoms with E-state index >= 15 is 0 Å². The number of hydrogen-bond acceptors (Lipinski definition) is 8. The minimum absolute atomic E-state index is 0.112. The van der Waals surface area contributed by atoms with Crippen molar-refractivity contribution < 1.29 is 19.1 Å². The summed E-state index contributed by atoms with van der Waals surface area (Å²) in [5.74, 6) is -1.16. The molecule has 2 aromatic heterocycles. The topological polar surface area (TPSA) is 98.2 Å². The molecule has 2 atom stereocenters. The average Bonchev–Trinajstić information content (AvgIpc) is 3.51. The van der Waals surface area contributed by atoms with E-state index in [0.29, 0.717) is 12.0 Å². The number of amides is 1. The van der Waals surface area contributed by atoms with Crippen LogP contribution in [0.3, 0.4) is 0 Å². The molecule has 0 aliphatic rings. The van der Waals surface area contributed by atoms with Crippen molar-refractivity contribution in [2.24, 2.45) is 5.92 Å². The van der Waals surface area contributed by atoms with E-state index in [2.05, 4.69) is 15.3 Å². The summed E-state index contributed by atoms with van der Waals surface area (Å²) >= 11 is 2.64. The largest absolute Gasteiger partial charge is 0.467 e. The molecule has 2 heterocycles. The maximum absolute atomic E-state index is 13.5. The molecular formula is C29H27N3O4S2. The van der Waals surface area contributed by atoms with Gasteiger partial charge in [-0.15, -0.1) is 11.3 Å². The van der Waals surface area contributed by atoms with Crippen LogP contribution in [-0.4, -0.2) is 45.9 Å². The predicted octanol–water partition coefficient (Wildman–Crippen LogP) is 4.84. The highest BCUT2D eigenvalue weighted by Gasteiger charge is 2.27. The molecule has 7 nitrogen and oxygen atoms in total. The molecular weight excluding hydrogens is 518 g/mol. The van der Waals surface area contributed by atoms with Crippen LogP contribution in [0.2, 0.25) is 0 Å². The van der Waals surface area contributed by atoms with Crippen LogP contribution < -0.4 is 5.32 Å². The minimum atomic E-state index is -0.871. The lowest BCUT2D eigenvalue weighted by Crippen LogP contribution is -2.46. The van der Waals surface area contributed by atoms with Gasteiger partial charge in [0, 0.05) is 47.3 Å². The lowest BCUT2D eigenvalue weighted by molar-refractivity contribution is -0.145. The van der Waals surface area contributed by atoms with E-state index in [1.807, 2.05) is 41.8 Å². The van der Waals surface area contributed by atoms with Gasteiger partial charge in [0.2, 0.25) is 11.0 Å². The van der Waals surface area contributed by atoms with E-state index in [0.717, 1.165) is 33.5 Å². The summed E-state index contributed by atoms with van der Waals surface area (Å²) in [4.78, 5) is 47.2. The summed E-state index contributed by atoms with van der Waals surface area (Å²) in [7, 11) is 1.30. The Bertz CT molecular complexity index is 1330. The quantitative estimate of drug-likeness (QED) is 0.269. The minimum Gasteiger partial charge on any atom is -0.467 e. The Kier molecular flexibility index (Phi) is 9.77. The third-order valence-electron chi connectivity index (χ3n) is 5.88. The van der Waals surface area contributed by atoms with E-state index < -0.39 is 17.9 Å². The maximum Gasteiger partial charge on any atom is 0.328 e. The second-order valence-electron chi connectivity index (χ2n) is 8.55. The van der Waals surface area contributed by atoms with E-state index in [1.165, 1.54) is 7.11 Å². The van der Waals surface area contributed by atoms with Crippen molar-refractivity contribution >= 4 is 40.1 Å². The Balaban J connectivity index is 1.46. The van der Waals surface area contributed by atoms with Gasteiger partial charge in [-0.25, -0.2) is 9.78 Å². The number of benzene rings is 2. The van der Waals surface area contributed by atoms with Gasteiger partial charge in [-0.1, -0.05) is 72.4 Å². The normalized spacial score (nSPS) is 12.3. The number of hydrogen-bond donors (Lipinski definition) is 1. The second kappa shape index (κ2) is 13.6. The van der Waals surface area contributed by atoms with Crippen LogP contribution in [0.4, 0.5) is 0 Å². The fraction of sp³-hybridized carbons (Fsp3) is 0.207. The first-order valence-corrected chi connectivity index (χ1v) is 13.9. The van der Waals surface area contributed by atoms with Gasteiger partial charge in [-0.2, -0.15) is 0 Å². The van der Waals surface area contributed by atoms with Crippen molar-refractivity contribution in [3.63, 3.8) is 0 Å². The zero-order chi connectivity index (χ0) is 26.7. The van der Waals surface area contributed by atoms with E-state index in [-0.39, 0.29) is 23.2 Å². The lowest BCUT2D eigenvalue weighted by atomic mass is 9.99. The monoisotopic (exact) mass is 545 g/mol. The van der Waals surface area contributed by atoms with Gasteiger partial charge in [0.25, 0.3) is 0 Å². The number of nitrogens with zero attached hydrogens (tertiary/aromatic N) is 2. The smallest absolute Gasteiger partial charge is 0.328 e. The van der Waals surface area contributed by atoms with Gasteiger partial charge < -0.3 is 10.1 Å². The molecule has 0 fully saturated rings. The fourth-order valence-corrected chi connectivity index (χ4v) is 5.44. The third-order valence-corrected chi connectivity index (χ3v) is 7.77. The Morgan fingerprint density at radius 3 is 2.39 bits per heavy atom. The van der Waals surface area contributed by atoms with E-state index in [4.69, 9.17) is 4.74 Å². The van der Waals surface area contributed by atoms with Gasteiger partial charge in [-0.3, -0.25) is 14.6 Å². The van der Waals surface area contributed by atoms with Gasteiger partial charge >= 0.3 is 5.97 Å². The number of carbonyl (C=O) groups is 3. The molecule has 0 aliphatic carbocycles. The van der Waals surface area contributed by atoms with Crippen LogP contribution in [0.25, 0.3) is 10.6 Å². The summed E-state index contributed by atoms with van der Waals surface area (Å²) in [5.41, 5.74) is 3.30. The highest BCUT2D eigenvalue weighted by atomic mass is 32.2. The number of carbonyl (C=O) groups excluding carboxylic acids is 3. The molecule has 0 bridgehead atoms. The van der Waals surface area contributed by atoms with Gasteiger partial charge in [0.1, 0.15) is 11.0 Å². The van der Waals surface area contributed by atoms with Crippen LogP contribution in [0.5, 0.6) is 0 Å². The maximum atomic E-state index is 13.5. The molecule has 4 rings (SSSR count). The van der Waals surface area contributed by atoms with Gasteiger partial charge in [-0.05, 0) is 23.6 Å². The molecule has 0 aliphatic heterocycles. The first-order chi connectivity index (χ1) is 18.5. The lowest BCUT2D eigenvalue weighted by Gasteiger charge is -2.21. The molecule has 0 saturated heterocycles. The molecule has 4 aromatic rings. The summed E-state index contributed by atoms with van der Waals surface area (Å²) in [5, 5.41) is 5.59. The van der Waals surface area contributed by atoms with E-state index in [9.17, 15) is 14.4 Å². The molecule has 9 heteroatoms. The Morgan fingerprint density at radius 2 is 1.74 bits per heavy atom. The Hall–Kier alpha value is -3.82. The number of esters is 1. The van der Waals surface area contributed by atoms with Gasteiger partial charge in [0.05, 0.1) is 13.0 Å². The first kappa shape index (κ1) is 27.2. The molecule has 1 unspecified atom stereocenters. The number of thiazole rings is 1. The van der Waals surface area contributed by atoms with Crippen molar-refractivity contribution in [2.45, 2.75) is 18.9 Å². The van der Waals surface area contributed by atoms with Crippen LogP contribution in [0.15, 0.2) is 90.7 Å². The zero-order valence-electron chi connectivity index (χ0n) is 20.8. The number of pyridine rings is 1. The summed E-state index contributed by atoms with van der Waals surface area (Å²) in [6.07, 6.45) is 5.77. The number of thioether (sulfide) groups is 1. The molecule has 38 heavy (non-hydrogen) atoms. The van der Waals surface area contributed by atoms with Crippen molar-refractivity contribution in [1.82, 2.24) is 15.3 Å². The number of ether oxygens (including phenoxy) is 1. The number of methoxy groups -OCH3 is 1. The average molecular weight is 546 g/mol. The van der Waals surface area contributed by atoms with Crippen molar-refractivity contribution in [3.05, 3.63) is 107 Å². The molecule has 0 saturated carbocycles. The predicted molar refractivity (Wildman–Crippen MR) is 150 cm³/mol. The van der Waals surface area contributed by atoms with Crippen LogP contribution in [-0.2, 0) is 27.2 Å². The van der Waals surface area contributed by atoms with Crippen molar-refractivity contribution in [1.29, 1.82) is 0 Å².